The van der Waals surface area contributed by atoms with Gasteiger partial charge in [0.2, 0.25) is 0 Å². The fourth-order valence-corrected chi connectivity index (χ4v) is 2.64. The summed E-state index contributed by atoms with van der Waals surface area (Å²) in [7, 11) is 3.95. The van der Waals surface area contributed by atoms with Crippen molar-refractivity contribution in [3.8, 4) is 0 Å². The topological polar surface area (TPSA) is 60.0 Å². The summed E-state index contributed by atoms with van der Waals surface area (Å²) in [6.45, 7) is 2.88. The van der Waals surface area contributed by atoms with Crippen LogP contribution in [0, 0.1) is 0 Å². The Morgan fingerprint density at radius 3 is 2.89 bits per heavy atom. The van der Waals surface area contributed by atoms with Crippen LogP contribution < -0.4 is 10.6 Å². The zero-order chi connectivity index (χ0) is 13.1. The molecule has 0 saturated heterocycles. The lowest BCUT2D eigenvalue weighted by atomic mass is 10.2. The first-order valence-electron chi connectivity index (χ1n) is 6.03. The standard InChI is InChI=1S/C12H19N5S/c1-4-5-10-11(13)12(17(3)15-10)16(2)6-9-7-18-8-14-9/h7-8H,4-6,13H2,1-3H3. The molecule has 0 aliphatic heterocycles. The van der Waals surface area contributed by atoms with Crippen LogP contribution in [0.3, 0.4) is 0 Å². The number of hydrogen-bond acceptors (Lipinski definition) is 5. The van der Waals surface area contributed by atoms with Crippen LogP contribution in [-0.2, 0) is 20.0 Å². The molecule has 5 nitrogen and oxygen atoms in total. The largest absolute Gasteiger partial charge is 0.394 e. The molecule has 2 aromatic rings. The zero-order valence-corrected chi connectivity index (χ0v) is 11.9. The lowest BCUT2D eigenvalue weighted by Gasteiger charge is -2.18. The molecule has 0 radical (unpaired) electrons. The van der Waals surface area contributed by atoms with Crippen molar-refractivity contribution < 1.29 is 0 Å². The lowest BCUT2D eigenvalue weighted by Crippen LogP contribution is -2.20. The van der Waals surface area contributed by atoms with E-state index in [1.165, 1.54) is 0 Å². The molecule has 0 unspecified atom stereocenters. The minimum absolute atomic E-state index is 0.749. The number of anilines is 2. The molecule has 0 bridgehead atoms. The van der Waals surface area contributed by atoms with E-state index in [0.717, 1.165) is 42.3 Å². The highest BCUT2D eigenvalue weighted by molar-refractivity contribution is 7.07. The van der Waals surface area contributed by atoms with E-state index in [2.05, 4.69) is 27.3 Å². The molecule has 0 atom stereocenters. The van der Waals surface area contributed by atoms with Crippen LogP contribution >= 0.6 is 11.3 Å². The Morgan fingerprint density at radius 2 is 2.28 bits per heavy atom. The van der Waals surface area contributed by atoms with Crippen molar-refractivity contribution in [1.82, 2.24) is 14.8 Å². The molecule has 6 heteroatoms. The molecule has 0 spiro atoms. The van der Waals surface area contributed by atoms with E-state index in [0.29, 0.717) is 0 Å². The maximum absolute atomic E-state index is 6.18. The summed E-state index contributed by atoms with van der Waals surface area (Å²) < 4.78 is 1.85. The molecular weight excluding hydrogens is 246 g/mol. The first-order valence-corrected chi connectivity index (χ1v) is 6.97. The summed E-state index contributed by atoms with van der Waals surface area (Å²) in [5.41, 5.74) is 10.9. The van der Waals surface area contributed by atoms with Crippen molar-refractivity contribution in [2.45, 2.75) is 26.3 Å². The maximum atomic E-state index is 6.18. The third-order valence-corrected chi connectivity index (χ3v) is 3.50. The number of rotatable bonds is 5. The second-order valence-corrected chi connectivity index (χ2v) is 5.11. The summed E-state index contributed by atoms with van der Waals surface area (Å²) >= 11 is 1.61. The SMILES string of the molecule is CCCc1nn(C)c(N(C)Cc2cscn2)c1N. The van der Waals surface area contributed by atoms with Gasteiger partial charge in [-0.3, -0.25) is 4.68 Å². The molecule has 0 aliphatic rings. The van der Waals surface area contributed by atoms with Crippen molar-refractivity contribution >= 4 is 22.8 Å². The second-order valence-electron chi connectivity index (χ2n) is 4.39. The second kappa shape index (κ2) is 5.39. The Morgan fingerprint density at radius 1 is 1.50 bits per heavy atom. The third-order valence-electron chi connectivity index (χ3n) is 2.86. The number of aryl methyl sites for hydroxylation is 2. The van der Waals surface area contributed by atoms with Gasteiger partial charge in [0.05, 0.1) is 29.1 Å². The molecule has 0 amide bonds. The molecular formula is C12H19N5S. The highest BCUT2D eigenvalue weighted by Gasteiger charge is 2.16. The molecule has 2 rings (SSSR count). The van der Waals surface area contributed by atoms with Gasteiger partial charge in [0, 0.05) is 19.5 Å². The predicted molar refractivity (Wildman–Crippen MR) is 75.8 cm³/mol. The Balaban J connectivity index is 2.21. The minimum atomic E-state index is 0.749. The Labute approximate surface area is 111 Å². The van der Waals surface area contributed by atoms with Crippen molar-refractivity contribution in [2.75, 3.05) is 17.7 Å². The zero-order valence-electron chi connectivity index (χ0n) is 11.1. The van der Waals surface area contributed by atoms with Crippen LogP contribution in [0.15, 0.2) is 10.9 Å². The number of nitrogens with zero attached hydrogens (tertiary/aromatic N) is 4. The highest BCUT2D eigenvalue weighted by atomic mass is 32.1. The van der Waals surface area contributed by atoms with E-state index < -0.39 is 0 Å². The number of thiazole rings is 1. The van der Waals surface area contributed by atoms with Gasteiger partial charge in [0.1, 0.15) is 0 Å². The number of hydrogen-bond donors (Lipinski definition) is 1. The average molecular weight is 265 g/mol. The van der Waals surface area contributed by atoms with E-state index >= 15 is 0 Å². The fraction of sp³-hybridized carbons (Fsp3) is 0.500. The number of nitrogen functional groups attached to an aromatic ring is 1. The summed E-state index contributed by atoms with van der Waals surface area (Å²) in [6.07, 6.45) is 1.97. The smallest absolute Gasteiger partial charge is 0.150 e. The van der Waals surface area contributed by atoms with Gasteiger partial charge < -0.3 is 10.6 Å². The number of nitrogens with two attached hydrogens (primary N) is 1. The summed E-state index contributed by atoms with van der Waals surface area (Å²) in [6, 6.07) is 0. The van der Waals surface area contributed by atoms with Gasteiger partial charge in [-0.1, -0.05) is 13.3 Å². The van der Waals surface area contributed by atoms with Crippen molar-refractivity contribution in [3.05, 3.63) is 22.3 Å². The van der Waals surface area contributed by atoms with Gasteiger partial charge in [0.15, 0.2) is 5.82 Å². The van der Waals surface area contributed by atoms with E-state index in [1.54, 1.807) is 11.3 Å². The molecule has 0 aliphatic carbocycles. The molecule has 0 aromatic carbocycles. The van der Waals surface area contributed by atoms with Gasteiger partial charge >= 0.3 is 0 Å². The van der Waals surface area contributed by atoms with Gasteiger partial charge in [-0.15, -0.1) is 11.3 Å². The van der Waals surface area contributed by atoms with E-state index in [9.17, 15) is 0 Å². The summed E-state index contributed by atoms with van der Waals surface area (Å²) in [4.78, 5) is 6.38. The fourth-order valence-electron chi connectivity index (χ4n) is 2.09. The van der Waals surface area contributed by atoms with Crippen LogP contribution in [0.4, 0.5) is 11.5 Å². The Bertz CT molecular complexity index is 503. The van der Waals surface area contributed by atoms with Crippen LogP contribution in [-0.4, -0.2) is 21.8 Å². The molecule has 18 heavy (non-hydrogen) atoms. The van der Waals surface area contributed by atoms with Gasteiger partial charge in [-0.05, 0) is 6.42 Å². The first-order chi connectivity index (χ1) is 8.63. The molecule has 2 heterocycles. The number of aromatic nitrogens is 3. The lowest BCUT2D eigenvalue weighted by molar-refractivity contribution is 0.710. The van der Waals surface area contributed by atoms with Gasteiger partial charge in [-0.25, -0.2) is 4.98 Å². The van der Waals surface area contributed by atoms with Crippen LogP contribution in [0.25, 0.3) is 0 Å². The maximum Gasteiger partial charge on any atom is 0.150 e. The summed E-state index contributed by atoms with van der Waals surface area (Å²) in [5.74, 6) is 0.964. The molecule has 2 N–H and O–H groups in total. The van der Waals surface area contributed by atoms with E-state index in [-0.39, 0.29) is 0 Å². The van der Waals surface area contributed by atoms with Crippen LogP contribution in [0.5, 0.6) is 0 Å². The van der Waals surface area contributed by atoms with Crippen LogP contribution in [0.1, 0.15) is 24.7 Å². The van der Waals surface area contributed by atoms with E-state index in [4.69, 9.17) is 5.73 Å². The normalized spacial score (nSPS) is 10.8. The predicted octanol–water partition coefficient (Wildman–Crippen LogP) is 2.05. The van der Waals surface area contributed by atoms with Crippen molar-refractivity contribution in [1.29, 1.82) is 0 Å². The Hall–Kier alpha value is -1.56. The quantitative estimate of drug-likeness (QED) is 0.899. The Kier molecular flexibility index (Phi) is 3.86. The minimum Gasteiger partial charge on any atom is -0.394 e. The average Bonchev–Trinajstić information content (AvgIpc) is 2.89. The third kappa shape index (κ3) is 2.48. The molecule has 98 valence electrons. The van der Waals surface area contributed by atoms with Crippen molar-refractivity contribution in [3.63, 3.8) is 0 Å². The van der Waals surface area contributed by atoms with Crippen LogP contribution in [0.2, 0.25) is 0 Å². The first kappa shape index (κ1) is 12.9. The molecule has 0 fully saturated rings. The highest BCUT2D eigenvalue weighted by Crippen LogP contribution is 2.27. The van der Waals surface area contributed by atoms with Crippen molar-refractivity contribution in [2.24, 2.45) is 7.05 Å². The molecule has 0 saturated carbocycles. The molecule has 2 aromatic heterocycles. The summed E-state index contributed by atoms with van der Waals surface area (Å²) in [5, 5.41) is 6.53. The van der Waals surface area contributed by atoms with Gasteiger partial charge in [-0.2, -0.15) is 5.10 Å². The van der Waals surface area contributed by atoms with E-state index in [1.807, 2.05) is 24.3 Å². The monoisotopic (exact) mass is 265 g/mol. The van der Waals surface area contributed by atoms with Gasteiger partial charge in [0.25, 0.3) is 0 Å².